The van der Waals surface area contributed by atoms with Crippen molar-refractivity contribution in [2.45, 2.75) is 13.5 Å². The molecule has 1 aliphatic rings. The Bertz CT molecular complexity index is 666. The summed E-state index contributed by atoms with van der Waals surface area (Å²) in [5.74, 6) is 1.33. The maximum absolute atomic E-state index is 12.1. The number of benzene rings is 1. The molecule has 0 atom stereocenters. The van der Waals surface area contributed by atoms with Gasteiger partial charge in [-0.15, -0.1) is 0 Å². The summed E-state index contributed by atoms with van der Waals surface area (Å²) in [6.07, 6.45) is 0. The average molecular weight is 275 g/mol. The standard InChI is InChI=1S/C13H13N3O4/c1-7-2-8(20-16-7)5-15-13(17)9-3-11-12(4-10(9)14)19-6-18-11/h2-4H,5-6,14H2,1H3,(H,15,17). The van der Waals surface area contributed by atoms with E-state index in [1.54, 1.807) is 18.2 Å². The quantitative estimate of drug-likeness (QED) is 0.817. The van der Waals surface area contributed by atoms with Gasteiger partial charge < -0.3 is 25.0 Å². The Morgan fingerprint density at radius 1 is 1.35 bits per heavy atom. The normalized spacial score (nSPS) is 12.4. The van der Waals surface area contributed by atoms with Crippen LogP contribution in [-0.4, -0.2) is 17.9 Å². The minimum absolute atomic E-state index is 0.136. The average Bonchev–Trinajstić information content (AvgIpc) is 3.03. The van der Waals surface area contributed by atoms with Gasteiger partial charge in [-0.2, -0.15) is 0 Å². The van der Waals surface area contributed by atoms with Crippen molar-refractivity contribution in [3.05, 3.63) is 35.2 Å². The van der Waals surface area contributed by atoms with E-state index in [1.165, 1.54) is 0 Å². The second kappa shape index (κ2) is 4.76. The molecule has 7 heteroatoms. The van der Waals surface area contributed by atoms with Crippen molar-refractivity contribution >= 4 is 11.6 Å². The number of hydrogen-bond donors (Lipinski definition) is 2. The Morgan fingerprint density at radius 3 is 2.80 bits per heavy atom. The van der Waals surface area contributed by atoms with Gasteiger partial charge in [-0.1, -0.05) is 5.16 Å². The van der Waals surface area contributed by atoms with Crippen LogP contribution in [0, 0.1) is 6.92 Å². The maximum Gasteiger partial charge on any atom is 0.253 e. The molecule has 0 fully saturated rings. The van der Waals surface area contributed by atoms with Crippen molar-refractivity contribution in [2.24, 2.45) is 0 Å². The first-order valence-electron chi connectivity index (χ1n) is 6.03. The summed E-state index contributed by atoms with van der Waals surface area (Å²) in [5.41, 5.74) is 7.27. The SMILES string of the molecule is Cc1cc(CNC(=O)c2cc3c(cc2N)OCO3)on1. The molecule has 2 heterocycles. The van der Waals surface area contributed by atoms with Crippen molar-refractivity contribution in [1.29, 1.82) is 0 Å². The number of aromatic nitrogens is 1. The van der Waals surface area contributed by atoms with Gasteiger partial charge in [0, 0.05) is 17.8 Å². The van der Waals surface area contributed by atoms with Crippen molar-refractivity contribution in [3.63, 3.8) is 0 Å². The van der Waals surface area contributed by atoms with Crippen LogP contribution in [0.15, 0.2) is 22.7 Å². The minimum atomic E-state index is -0.310. The van der Waals surface area contributed by atoms with Crippen LogP contribution in [0.25, 0.3) is 0 Å². The molecule has 0 spiro atoms. The van der Waals surface area contributed by atoms with E-state index in [4.69, 9.17) is 19.7 Å². The zero-order chi connectivity index (χ0) is 14.1. The summed E-state index contributed by atoms with van der Waals surface area (Å²) in [7, 11) is 0. The van der Waals surface area contributed by atoms with Crippen LogP contribution in [0.2, 0.25) is 0 Å². The highest BCUT2D eigenvalue weighted by Crippen LogP contribution is 2.35. The lowest BCUT2D eigenvalue weighted by molar-refractivity contribution is 0.0947. The van der Waals surface area contributed by atoms with Gasteiger partial charge >= 0.3 is 0 Å². The molecule has 2 aromatic rings. The molecule has 1 aromatic carbocycles. The first-order valence-corrected chi connectivity index (χ1v) is 6.03. The van der Waals surface area contributed by atoms with Gasteiger partial charge in [0.15, 0.2) is 17.3 Å². The molecule has 20 heavy (non-hydrogen) atoms. The highest BCUT2D eigenvalue weighted by atomic mass is 16.7. The van der Waals surface area contributed by atoms with E-state index in [9.17, 15) is 4.79 Å². The van der Waals surface area contributed by atoms with Crippen LogP contribution in [0.3, 0.4) is 0 Å². The van der Waals surface area contributed by atoms with Gasteiger partial charge in [0.25, 0.3) is 5.91 Å². The zero-order valence-corrected chi connectivity index (χ0v) is 10.8. The van der Waals surface area contributed by atoms with Crippen molar-refractivity contribution in [2.75, 3.05) is 12.5 Å². The smallest absolute Gasteiger partial charge is 0.253 e. The third-order valence-electron chi connectivity index (χ3n) is 2.89. The Kier molecular flexibility index (Phi) is 2.94. The molecule has 1 aromatic heterocycles. The molecule has 0 bridgehead atoms. The number of ether oxygens (including phenoxy) is 2. The number of nitrogens with zero attached hydrogens (tertiary/aromatic N) is 1. The predicted molar refractivity (Wildman–Crippen MR) is 69.4 cm³/mol. The van der Waals surface area contributed by atoms with Gasteiger partial charge in [-0.3, -0.25) is 4.79 Å². The third kappa shape index (κ3) is 2.25. The number of anilines is 1. The molecule has 7 nitrogen and oxygen atoms in total. The van der Waals surface area contributed by atoms with Crippen LogP contribution in [0.1, 0.15) is 21.8 Å². The van der Waals surface area contributed by atoms with E-state index >= 15 is 0 Å². The lowest BCUT2D eigenvalue weighted by Gasteiger charge is -2.07. The van der Waals surface area contributed by atoms with Crippen LogP contribution in [0.4, 0.5) is 5.69 Å². The third-order valence-corrected chi connectivity index (χ3v) is 2.89. The van der Waals surface area contributed by atoms with Crippen molar-refractivity contribution in [3.8, 4) is 11.5 Å². The first-order chi connectivity index (χ1) is 9.63. The number of hydrogen-bond acceptors (Lipinski definition) is 6. The van der Waals surface area contributed by atoms with E-state index in [1.807, 2.05) is 6.92 Å². The van der Waals surface area contributed by atoms with Gasteiger partial charge in [-0.25, -0.2) is 0 Å². The molecule has 0 aliphatic carbocycles. The molecule has 3 rings (SSSR count). The maximum atomic E-state index is 12.1. The Balaban J connectivity index is 1.74. The Morgan fingerprint density at radius 2 is 2.10 bits per heavy atom. The minimum Gasteiger partial charge on any atom is -0.454 e. The molecule has 0 saturated heterocycles. The fourth-order valence-corrected chi connectivity index (χ4v) is 1.92. The van der Waals surface area contributed by atoms with Crippen LogP contribution >= 0.6 is 0 Å². The van der Waals surface area contributed by atoms with Crippen LogP contribution in [-0.2, 0) is 6.54 Å². The van der Waals surface area contributed by atoms with E-state index < -0.39 is 0 Å². The van der Waals surface area contributed by atoms with E-state index in [0.29, 0.717) is 28.5 Å². The zero-order valence-electron chi connectivity index (χ0n) is 10.8. The molecule has 104 valence electrons. The monoisotopic (exact) mass is 275 g/mol. The summed E-state index contributed by atoms with van der Waals surface area (Å²) in [6, 6.07) is 4.90. The number of nitrogen functional groups attached to an aromatic ring is 1. The van der Waals surface area contributed by atoms with Crippen LogP contribution < -0.4 is 20.5 Å². The number of carbonyl (C=O) groups is 1. The fourth-order valence-electron chi connectivity index (χ4n) is 1.92. The van der Waals surface area contributed by atoms with Crippen LogP contribution in [0.5, 0.6) is 11.5 Å². The summed E-state index contributed by atoms with van der Waals surface area (Å²) >= 11 is 0. The molecule has 0 saturated carbocycles. The summed E-state index contributed by atoms with van der Waals surface area (Å²) in [6.45, 7) is 2.19. The molecular weight excluding hydrogens is 262 g/mol. The molecular formula is C13H13N3O4. The van der Waals surface area contributed by atoms with Crippen molar-refractivity contribution in [1.82, 2.24) is 10.5 Å². The molecule has 3 N–H and O–H groups in total. The summed E-state index contributed by atoms with van der Waals surface area (Å²) < 4.78 is 15.4. The second-order valence-electron chi connectivity index (χ2n) is 4.41. The summed E-state index contributed by atoms with van der Waals surface area (Å²) in [5, 5.41) is 6.46. The Labute approximate surface area is 114 Å². The van der Waals surface area contributed by atoms with Crippen molar-refractivity contribution < 1.29 is 18.8 Å². The largest absolute Gasteiger partial charge is 0.454 e. The number of fused-ring (bicyclic) bond motifs is 1. The van der Waals surface area contributed by atoms with E-state index in [-0.39, 0.29) is 19.2 Å². The lowest BCUT2D eigenvalue weighted by atomic mass is 10.1. The predicted octanol–water partition coefficient (Wildman–Crippen LogP) is 1.22. The number of aryl methyl sites for hydroxylation is 1. The molecule has 1 amide bonds. The Hall–Kier alpha value is -2.70. The fraction of sp³-hybridized carbons (Fsp3) is 0.231. The highest BCUT2D eigenvalue weighted by molar-refractivity contribution is 6.00. The van der Waals surface area contributed by atoms with E-state index in [0.717, 1.165) is 5.69 Å². The molecule has 0 radical (unpaired) electrons. The molecule has 0 unspecified atom stereocenters. The number of amides is 1. The second-order valence-corrected chi connectivity index (χ2v) is 4.41. The van der Waals surface area contributed by atoms with Gasteiger partial charge in [-0.05, 0) is 13.0 Å². The number of nitrogens with two attached hydrogens (primary N) is 1. The molecule has 1 aliphatic heterocycles. The summed E-state index contributed by atoms with van der Waals surface area (Å²) in [4.78, 5) is 12.1. The lowest BCUT2D eigenvalue weighted by Crippen LogP contribution is -2.23. The first kappa shape index (κ1) is 12.3. The number of nitrogens with one attached hydrogen (secondary N) is 1. The highest BCUT2D eigenvalue weighted by Gasteiger charge is 2.19. The van der Waals surface area contributed by atoms with Gasteiger partial charge in [0.1, 0.15) is 0 Å². The topological polar surface area (TPSA) is 99.6 Å². The van der Waals surface area contributed by atoms with Gasteiger partial charge in [0.05, 0.1) is 17.8 Å². The van der Waals surface area contributed by atoms with E-state index in [2.05, 4.69) is 10.5 Å². The number of carbonyl (C=O) groups excluding carboxylic acids is 1. The number of rotatable bonds is 3. The van der Waals surface area contributed by atoms with Gasteiger partial charge in [0.2, 0.25) is 6.79 Å².